The van der Waals surface area contributed by atoms with Gasteiger partial charge in [-0.1, -0.05) is 37.3 Å². The molecule has 0 saturated carbocycles. The minimum atomic E-state index is -1.44. The van der Waals surface area contributed by atoms with Gasteiger partial charge in [-0.25, -0.2) is 9.59 Å². The number of nitrogens with zero attached hydrogens (tertiary/aromatic N) is 4. The number of carbonyl (C=O) groups is 7. The third kappa shape index (κ3) is 9.88. The quantitative estimate of drug-likeness (QED) is 0.304. The maximum Gasteiger partial charge on any atom is 0.328 e. The molecular formula is C42H56N8O8. The van der Waals surface area contributed by atoms with Crippen molar-refractivity contribution >= 4 is 52.9 Å². The molecule has 0 unspecified atom stereocenters. The normalized spacial score (nSPS) is 26.3. The van der Waals surface area contributed by atoms with Crippen LogP contribution in [0, 0.1) is 5.92 Å². The van der Waals surface area contributed by atoms with Crippen molar-refractivity contribution in [3.05, 3.63) is 60.2 Å². The van der Waals surface area contributed by atoms with Crippen LogP contribution in [-0.2, 0) is 39.9 Å². The second-order valence-electron chi connectivity index (χ2n) is 16.1. The summed E-state index contributed by atoms with van der Waals surface area (Å²) in [6.07, 6.45) is 3.77. The predicted octanol–water partition coefficient (Wildman–Crippen LogP) is 2.03. The van der Waals surface area contributed by atoms with E-state index < -0.39 is 78.5 Å². The first-order valence-electron chi connectivity index (χ1n) is 20.4. The van der Waals surface area contributed by atoms with Crippen LogP contribution in [0.1, 0.15) is 64.4 Å². The number of benzene rings is 2. The molecule has 0 aromatic heterocycles. The lowest BCUT2D eigenvalue weighted by Gasteiger charge is -2.42. The number of hydrogen-bond donors (Lipinski definition) is 4. The first kappa shape index (κ1) is 41.9. The molecule has 2 aromatic rings. The Bertz CT molecular complexity index is 1840. The number of piperidine rings is 2. The van der Waals surface area contributed by atoms with E-state index in [0.717, 1.165) is 11.3 Å². The van der Waals surface area contributed by atoms with Crippen molar-refractivity contribution in [2.45, 2.75) is 101 Å². The standard InChI is InChI=1S/C42H56N8O8/c1-26-22-35-41(56)58-25-32(45-36(51)31(23-28-12-6-5-7-13-28)46-42(57)44-29-16-18-30(19-17-29)47(3)4)39(54)49-21-11-9-15-34(49)40(55)48-20-10-8-14-33(48)37(52)43-27(2)38(53)50(35)24-26/h5-7,12-13,16-19,26-27,31-35H,8-11,14-15,20-25H2,1-4H3,(H,43,52)(H,45,51)(H2,44,46,57)/t26-,27+,31+,32+,33+,34+,35+/m1/s1. The summed E-state index contributed by atoms with van der Waals surface area (Å²) in [6, 6.07) is 9.26. The fourth-order valence-electron chi connectivity index (χ4n) is 8.38. The van der Waals surface area contributed by atoms with E-state index in [2.05, 4.69) is 21.3 Å². The van der Waals surface area contributed by atoms with Crippen LogP contribution in [0.3, 0.4) is 0 Å². The molecule has 0 spiro atoms. The number of hydrogen-bond acceptors (Lipinski definition) is 9. The highest BCUT2D eigenvalue weighted by molar-refractivity contribution is 5.98. The van der Waals surface area contributed by atoms with Crippen LogP contribution in [0.5, 0.6) is 0 Å². The monoisotopic (exact) mass is 800 g/mol. The van der Waals surface area contributed by atoms with E-state index in [9.17, 15) is 33.6 Å². The highest BCUT2D eigenvalue weighted by Gasteiger charge is 2.45. The molecule has 4 fully saturated rings. The van der Waals surface area contributed by atoms with E-state index in [1.807, 2.05) is 68.4 Å². The van der Waals surface area contributed by atoms with E-state index in [1.165, 1.54) is 14.7 Å². The SMILES string of the molecule is C[C@@H]1C[C@H]2C(=O)OC[C@H](NC(=O)[C@H](Cc3ccccc3)NC(=O)Nc3ccc(N(C)C)cc3)C(=O)N3CCCC[C@H]3C(=O)N3CCCC[C@H]3C(=O)N[C@@H](C)C(=O)N2C1. The van der Waals surface area contributed by atoms with Crippen molar-refractivity contribution in [3.63, 3.8) is 0 Å². The molecule has 4 heterocycles. The van der Waals surface area contributed by atoms with Gasteiger partial charge in [0.15, 0.2) is 0 Å². The topological polar surface area (TPSA) is 190 Å². The zero-order valence-corrected chi connectivity index (χ0v) is 33.8. The molecule has 16 nitrogen and oxygen atoms in total. The minimum Gasteiger partial charge on any atom is -0.461 e. The van der Waals surface area contributed by atoms with Crippen molar-refractivity contribution < 1.29 is 38.3 Å². The van der Waals surface area contributed by atoms with Crippen LogP contribution in [0.2, 0.25) is 0 Å². The Kier molecular flexibility index (Phi) is 13.5. The molecule has 0 bridgehead atoms. The highest BCUT2D eigenvalue weighted by atomic mass is 16.5. The van der Waals surface area contributed by atoms with Gasteiger partial charge in [-0.15, -0.1) is 0 Å². The number of esters is 1. The summed E-state index contributed by atoms with van der Waals surface area (Å²) in [5, 5.41) is 11.1. The van der Waals surface area contributed by atoms with Gasteiger partial charge in [-0.3, -0.25) is 24.0 Å². The maximum atomic E-state index is 14.7. The Balaban J connectivity index is 1.30. The first-order valence-corrected chi connectivity index (χ1v) is 20.4. The lowest BCUT2D eigenvalue weighted by molar-refractivity contribution is -0.160. The van der Waals surface area contributed by atoms with Gasteiger partial charge in [0.25, 0.3) is 0 Å². The molecule has 7 atom stereocenters. The van der Waals surface area contributed by atoms with Gasteiger partial charge in [-0.2, -0.15) is 0 Å². The van der Waals surface area contributed by atoms with Crippen molar-refractivity contribution in [2.75, 3.05) is 50.6 Å². The Labute approximate surface area is 339 Å². The zero-order chi connectivity index (χ0) is 41.5. The molecular weight excluding hydrogens is 745 g/mol. The number of rotatable bonds is 7. The molecule has 4 aliphatic heterocycles. The fraction of sp³-hybridized carbons (Fsp3) is 0.548. The summed E-state index contributed by atoms with van der Waals surface area (Å²) in [5.74, 6) is -3.44. The second-order valence-corrected chi connectivity index (χ2v) is 16.1. The van der Waals surface area contributed by atoms with E-state index in [1.54, 1.807) is 19.1 Å². The molecule has 16 heteroatoms. The van der Waals surface area contributed by atoms with Crippen LogP contribution in [0.4, 0.5) is 16.2 Å². The van der Waals surface area contributed by atoms with Crippen LogP contribution < -0.4 is 26.2 Å². The summed E-state index contributed by atoms with van der Waals surface area (Å²) in [7, 11) is 3.80. The van der Waals surface area contributed by atoms with Gasteiger partial charge in [-0.05, 0) is 87.6 Å². The molecule has 4 aliphatic rings. The third-order valence-electron chi connectivity index (χ3n) is 11.5. The van der Waals surface area contributed by atoms with E-state index in [-0.39, 0.29) is 31.3 Å². The second kappa shape index (κ2) is 18.7. The predicted molar refractivity (Wildman–Crippen MR) is 215 cm³/mol. The van der Waals surface area contributed by atoms with E-state index in [4.69, 9.17) is 4.74 Å². The molecule has 0 aliphatic carbocycles. The summed E-state index contributed by atoms with van der Waals surface area (Å²) in [5.41, 5.74) is 2.17. The summed E-state index contributed by atoms with van der Waals surface area (Å²) in [4.78, 5) is 104. The maximum absolute atomic E-state index is 14.7. The van der Waals surface area contributed by atoms with Gasteiger partial charge in [0.05, 0.1) is 0 Å². The number of cyclic esters (lactones) is 1. The molecule has 7 amide bonds. The Morgan fingerprint density at radius 1 is 0.810 bits per heavy atom. The number of carbonyl (C=O) groups excluding carboxylic acids is 7. The van der Waals surface area contributed by atoms with Gasteiger partial charge in [0.2, 0.25) is 29.5 Å². The lowest BCUT2D eigenvalue weighted by Crippen LogP contribution is -2.63. The van der Waals surface area contributed by atoms with E-state index >= 15 is 0 Å². The molecule has 6 rings (SSSR count). The summed E-state index contributed by atoms with van der Waals surface area (Å²) >= 11 is 0. The van der Waals surface area contributed by atoms with Crippen molar-refractivity contribution in [1.29, 1.82) is 0 Å². The number of urea groups is 1. The fourth-order valence-corrected chi connectivity index (χ4v) is 8.38. The summed E-state index contributed by atoms with van der Waals surface area (Å²) < 4.78 is 5.79. The van der Waals surface area contributed by atoms with Gasteiger partial charge in [0, 0.05) is 51.5 Å². The largest absolute Gasteiger partial charge is 0.461 e. The van der Waals surface area contributed by atoms with Crippen LogP contribution in [-0.4, -0.2) is 133 Å². The highest BCUT2D eigenvalue weighted by Crippen LogP contribution is 2.28. The van der Waals surface area contributed by atoms with Gasteiger partial charge in [0.1, 0.15) is 42.9 Å². The van der Waals surface area contributed by atoms with Crippen LogP contribution >= 0.6 is 0 Å². The van der Waals surface area contributed by atoms with Crippen molar-refractivity contribution in [1.82, 2.24) is 30.7 Å². The van der Waals surface area contributed by atoms with Crippen LogP contribution in [0.15, 0.2) is 54.6 Å². The Hall–Kier alpha value is -5.67. The van der Waals surface area contributed by atoms with Crippen LogP contribution in [0.25, 0.3) is 0 Å². The van der Waals surface area contributed by atoms with Gasteiger partial charge < -0.3 is 45.6 Å². The minimum absolute atomic E-state index is 0.0499. The number of fused-ring (bicyclic) bond motifs is 3. The smallest absolute Gasteiger partial charge is 0.328 e. The third-order valence-corrected chi connectivity index (χ3v) is 11.5. The molecule has 4 saturated heterocycles. The van der Waals surface area contributed by atoms with E-state index in [0.29, 0.717) is 57.2 Å². The molecule has 2 aromatic carbocycles. The lowest BCUT2D eigenvalue weighted by atomic mass is 9.95. The Morgan fingerprint density at radius 3 is 2.14 bits per heavy atom. The average molecular weight is 801 g/mol. The number of anilines is 2. The van der Waals surface area contributed by atoms with Gasteiger partial charge >= 0.3 is 12.0 Å². The average Bonchev–Trinajstić information content (AvgIpc) is 3.62. The number of ether oxygens (including phenoxy) is 1. The molecule has 58 heavy (non-hydrogen) atoms. The first-order chi connectivity index (χ1) is 27.8. The molecule has 312 valence electrons. The number of nitrogens with one attached hydrogen (secondary N) is 4. The van der Waals surface area contributed by atoms with Crippen molar-refractivity contribution in [3.8, 4) is 0 Å². The van der Waals surface area contributed by atoms with Crippen molar-refractivity contribution in [2.24, 2.45) is 5.92 Å². The Morgan fingerprint density at radius 2 is 1.47 bits per heavy atom. The zero-order valence-electron chi connectivity index (χ0n) is 33.8. The molecule has 0 radical (unpaired) electrons. The number of amides is 7. The summed E-state index contributed by atoms with van der Waals surface area (Å²) in [6.45, 7) is 3.68. The molecule has 4 N–H and O–H groups in total.